The summed E-state index contributed by atoms with van der Waals surface area (Å²) in [5.74, 6) is 0.0915. The Morgan fingerprint density at radius 2 is 2.15 bits per heavy atom. The smallest absolute Gasteiger partial charge is 0.272 e. The van der Waals surface area contributed by atoms with Crippen LogP contribution in [0, 0.1) is 0 Å². The Morgan fingerprint density at radius 3 is 2.85 bits per heavy atom. The molecule has 0 aliphatic carbocycles. The van der Waals surface area contributed by atoms with E-state index in [9.17, 15) is 4.79 Å². The zero-order valence-corrected chi connectivity index (χ0v) is 12.3. The summed E-state index contributed by atoms with van der Waals surface area (Å²) in [6.45, 7) is 5.50. The molecule has 0 radical (unpaired) electrons. The summed E-state index contributed by atoms with van der Waals surface area (Å²) in [6.07, 6.45) is 6.57. The third kappa shape index (κ3) is 3.80. The van der Waals surface area contributed by atoms with Crippen molar-refractivity contribution >= 4 is 5.91 Å². The zero-order chi connectivity index (χ0) is 14.4. The van der Waals surface area contributed by atoms with E-state index >= 15 is 0 Å². The number of carbonyl (C=O) groups is 1. The molecule has 0 aromatic carbocycles. The summed E-state index contributed by atoms with van der Waals surface area (Å²) >= 11 is 0. The van der Waals surface area contributed by atoms with Crippen molar-refractivity contribution in [3.8, 4) is 0 Å². The molecule has 1 fully saturated rings. The molecule has 2 N–H and O–H groups in total. The number of aryl methyl sites for hydroxylation is 1. The van der Waals surface area contributed by atoms with Crippen LogP contribution in [0.2, 0.25) is 0 Å². The van der Waals surface area contributed by atoms with Crippen molar-refractivity contribution in [1.82, 2.24) is 19.4 Å². The number of unbranched alkanes of at least 4 members (excludes halogenated alkanes) is 1. The van der Waals surface area contributed by atoms with Crippen LogP contribution in [0.25, 0.3) is 0 Å². The topological polar surface area (TPSA) is 67.4 Å². The highest BCUT2D eigenvalue weighted by Gasteiger charge is 2.21. The number of aromatic nitrogens is 2. The summed E-state index contributed by atoms with van der Waals surface area (Å²) in [6, 6.07) is 0. The van der Waals surface area contributed by atoms with Gasteiger partial charge in [-0.2, -0.15) is 0 Å². The average molecular weight is 279 g/mol. The minimum absolute atomic E-state index is 0.0915. The molecule has 1 aliphatic heterocycles. The van der Waals surface area contributed by atoms with Crippen LogP contribution in [0.4, 0.5) is 0 Å². The molecule has 112 valence electrons. The zero-order valence-electron chi connectivity index (χ0n) is 12.3. The summed E-state index contributed by atoms with van der Waals surface area (Å²) in [7, 11) is 1.86. The Hall–Kier alpha value is -1.40. The normalized spacial score (nSPS) is 17.2. The van der Waals surface area contributed by atoms with Crippen LogP contribution in [-0.2, 0) is 7.05 Å². The molecular weight excluding hydrogens is 254 g/mol. The van der Waals surface area contributed by atoms with Crippen molar-refractivity contribution in [3.05, 3.63) is 18.2 Å². The monoisotopic (exact) mass is 279 g/mol. The summed E-state index contributed by atoms with van der Waals surface area (Å²) in [4.78, 5) is 20.8. The van der Waals surface area contributed by atoms with Gasteiger partial charge in [0.2, 0.25) is 0 Å². The summed E-state index contributed by atoms with van der Waals surface area (Å²) in [5, 5.41) is 0. The first-order chi connectivity index (χ1) is 9.72. The number of nitrogens with two attached hydrogens (primary N) is 1. The fourth-order valence-electron chi connectivity index (χ4n) is 2.60. The second kappa shape index (κ2) is 7.40. The molecule has 6 nitrogen and oxygen atoms in total. The number of hydrogen-bond acceptors (Lipinski definition) is 4. The standard InChI is InChI=1S/C14H25N5O/c1-17-12-16-11-13(17)14(20)19-8-4-7-18(9-10-19)6-3-2-5-15/h11-12H,2-10,15H2,1H3. The molecule has 0 unspecified atom stereocenters. The molecular formula is C14H25N5O. The molecule has 0 bridgehead atoms. The first-order valence-corrected chi connectivity index (χ1v) is 7.40. The molecule has 20 heavy (non-hydrogen) atoms. The van der Waals surface area contributed by atoms with Crippen molar-refractivity contribution in [2.45, 2.75) is 19.3 Å². The highest BCUT2D eigenvalue weighted by molar-refractivity contribution is 5.92. The molecule has 6 heteroatoms. The van der Waals surface area contributed by atoms with Crippen LogP contribution in [0.5, 0.6) is 0 Å². The van der Waals surface area contributed by atoms with E-state index in [1.807, 2.05) is 11.9 Å². The second-order valence-corrected chi connectivity index (χ2v) is 5.37. The largest absolute Gasteiger partial charge is 0.336 e. The van der Waals surface area contributed by atoms with Gasteiger partial charge >= 0.3 is 0 Å². The van der Waals surface area contributed by atoms with Gasteiger partial charge in [0.05, 0.1) is 12.5 Å². The molecule has 2 rings (SSSR count). The van der Waals surface area contributed by atoms with E-state index in [2.05, 4.69) is 9.88 Å². The summed E-state index contributed by atoms with van der Waals surface area (Å²) < 4.78 is 1.78. The van der Waals surface area contributed by atoms with Crippen LogP contribution >= 0.6 is 0 Å². The van der Waals surface area contributed by atoms with E-state index in [1.54, 1.807) is 17.1 Å². The first-order valence-electron chi connectivity index (χ1n) is 7.40. The predicted molar refractivity (Wildman–Crippen MR) is 78.5 cm³/mol. The Labute approximate surface area is 120 Å². The highest BCUT2D eigenvalue weighted by atomic mass is 16.2. The van der Waals surface area contributed by atoms with Gasteiger partial charge in [-0.3, -0.25) is 4.79 Å². The second-order valence-electron chi connectivity index (χ2n) is 5.37. The minimum Gasteiger partial charge on any atom is -0.336 e. The SMILES string of the molecule is Cn1cncc1C(=O)N1CCCN(CCCCN)CC1. The van der Waals surface area contributed by atoms with Crippen molar-refractivity contribution in [3.63, 3.8) is 0 Å². The quantitative estimate of drug-likeness (QED) is 0.788. The van der Waals surface area contributed by atoms with E-state index in [0.29, 0.717) is 5.69 Å². The van der Waals surface area contributed by atoms with E-state index in [-0.39, 0.29) is 5.91 Å². The lowest BCUT2D eigenvalue weighted by Crippen LogP contribution is -2.36. The molecule has 1 aromatic rings. The maximum atomic E-state index is 12.4. The fraction of sp³-hybridized carbons (Fsp3) is 0.714. The van der Waals surface area contributed by atoms with Gasteiger partial charge < -0.3 is 20.1 Å². The van der Waals surface area contributed by atoms with Gasteiger partial charge in [0, 0.05) is 26.7 Å². The van der Waals surface area contributed by atoms with E-state index in [0.717, 1.165) is 58.5 Å². The average Bonchev–Trinajstić information content (AvgIpc) is 2.73. The van der Waals surface area contributed by atoms with E-state index in [1.165, 1.54) is 0 Å². The van der Waals surface area contributed by atoms with Crippen LogP contribution in [0.1, 0.15) is 29.8 Å². The van der Waals surface area contributed by atoms with Crippen LogP contribution in [0.3, 0.4) is 0 Å². The van der Waals surface area contributed by atoms with Gasteiger partial charge in [-0.25, -0.2) is 4.98 Å². The molecule has 0 spiro atoms. The molecule has 1 saturated heterocycles. The third-order valence-electron chi connectivity index (χ3n) is 3.84. The minimum atomic E-state index is 0.0915. The number of rotatable bonds is 5. The Morgan fingerprint density at radius 1 is 1.30 bits per heavy atom. The number of nitrogens with zero attached hydrogens (tertiary/aromatic N) is 4. The number of imidazole rings is 1. The van der Waals surface area contributed by atoms with Crippen LogP contribution in [-0.4, -0.2) is 64.5 Å². The molecule has 0 atom stereocenters. The molecule has 1 amide bonds. The highest BCUT2D eigenvalue weighted by Crippen LogP contribution is 2.09. The fourth-order valence-corrected chi connectivity index (χ4v) is 2.60. The van der Waals surface area contributed by atoms with Crippen LogP contribution in [0.15, 0.2) is 12.5 Å². The molecule has 1 aromatic heterocycles. The molecule has 1 aliphatic rings. The van der Waals surface area contributed by atoms with Gasteiger partial charge in [-0.05, 0) is 38.9 Å². The van der Waals surface area contributed by atoms with E-state index < -0.39 is 0 Å². The van der Waals surface area contributed by atoms with E-state index in [4.69, 9.17) is 5.73 Å². The van der Waals surface area contributed by atoms with Crippen molar-refractivity contribution in [1.29, 1.82) is 0 Å². The lowest BCUT2D eigenvalue weighted by atomic mass is 10.3. The number of hydrogen-bond donors (Lipinski definition) is 1. The number of carbonyl (C=O) groups excluding carboxylic acids is 1. The lowest BCUT2D eigenvalue weighted by Gasteiger charge is -2.22. The molecule has 0 saturated carbocycles. The van der Waals surface area contributed by atoms with Gasteiger partial charge in [0.15, 0.2) is 0 Å². The Kier molecular flexibility index (Phi) is 5.55. The van der Waals surface area contributed by atoms with Crippen LogP contribution < -0.4 is 5.73 Å². The van der Waals surface area contributed by atoms with Gasteiger partial charge in [0.25, 0.3) is 5.91 Å². The van der Waals surface area contributed by atoms with Crippen molar-refractivity contribution < 1.29 is 4.79 Å². The van der Waals surface area contributed by atoms with Gasteiger partial charge in [-0.1, -0.05) is 0 Å². The molecule has 2 heterocycles. The first kappa shape index (κ1) is 15.0. The van der Waals surface area contributed by atoms with Crippen molar-refractivity contribution in [2.75, 3.05) is 39.3 Å². The summed E-state index contributed by atoms with van der Waals surface area (Å²) in [5.41, 5.74) is 6.19. The number of amides is 1. The van der Waals surface area contributed by atoms with Gasteiger partial charge in [-0.15, -0.1) is 0 Å². The van der Waals surface area contributed by atoms with Gasteiger partial charge in [0.1, 0.15) is 5.69 Å². The third-order valence-corrected chi connectivity index (χ3v) is 3.84. The maximum Gasteiger partial charge on any atom is 0.272 e. The van der Waals surface area contributed by atoms with Crippen molar-refractivity contribution in [2.24, 2.45) is 12.8 Å². The lowest BCUT2D eigenvalue weighted by molar-refractivity contribution is 0.0752. The Balaban J connectivity index is 1.86. The Bertz CT molecular complexity index is 431. The predicted octanol–water partition coefficient (Wildman–Crippen LogP) is 0.307. The maximum absolute atomic E-state index is 12.4.